The van der Waals surface area contributed by atoms with E-state index in [0.717, 1.165) is 11.6 Å². The summed E-state index contributed by atoms with van der Waals surface area (Å²) in [5.41, 5.74) is 0.0857. The standard InChI is InChI=1S/C14H10Cl2F3N/c15-11-6-5-9(7-12(11)16)8-20-13-4-2-1-3-10(13)14(17,18)19/h1-7,20H,8H2. The molecule has 2 aromatic carbocycles. The normalized spacial score (nSPS) is 11.4. The molecule has 6 heteroatoms. The van der Waals surface area contributed by atoms with Crippen LogP contribution in [0.2, 0.25) is 10.0 Å². The molecule has 106 valence electrons. The largest absolute Gasteiger partial charge is 0.418 e. The van der Waals surface area contributed by atoms with E-state index in [1.807, 2.05) is 0 Å². The van der Waals surface area contributed by atoms with Crippen molar-refractivity contribution in [2.75, 3.05) is 5.32 Å². The van der Waals surface area contributed by atoms with Gasteiger partial charge in [0.05, 0.1) is 15.6 Å². The van der Waals surface area contributed by atoms with Crippen LogP contribution in [0.3, 0.4) is 0 Å². The van der Waals surface area contributed by atoms with Crippen molar-refractivity contribution in [1.82, 2.24) is 0 Å². The van der Waals surface area contributed by atoms with E-state index in [1.165, 1.54) is 12.1 Å². The van der Waals surface area contributed by atoms with Gasteiger partial charge < -0.3 is 5.32 Å². The number of para-hydroxylation sites is 1. The van der Waals surface area contributed by atoms with E-state index in [9.17, 15) is 13.2 Å². The van der Waals surface area contributed by atoms with Gasteiger partial charge in [0.15, 0.2) is 0 Å². The van der Waals surface area contributed by atoms with Crippen LogP contribution in [0.15, 0.2) is 42.5 Å². The third-order valence-electron chi connectivity index (χ3n) is 2.70. The first-order chi connectivity index (χ1) is 9.38. The molecule has 0 spiro atoms. The predicted molar refractivity (Wildman–Crippen MR) is 75.2 cm³/mol. The minimum Gasteiger partial charge on any atom is -0.380 e. The van der Waals surface area contributed by atoms with Crippen LogP contribution in [0.4, 0.5) is 18.9 Å². The number of benzene rings is 2. The topological polar surface area (TPSA) is 12.0 Å². The van der Waals surface area contributed by atoms with Gasteiger partial charge in [0, 0.05) is 12.2 Å². The first-order valence-electron chi connectivity index (χ1n) is 5.72. The smallest absolute Gasteiger partial charge is 0.380 e. The van der Waals surface area contributed by atoms with Crippen LogP contribution in [0.25, 0.3) is 0 Å². The first kappa shape index (κ1) is 15.0. The molecule has 0 aliphatic rings. The average Bonchev–Trinajstić information content (AvgIpc) is 2.39. The molecule has 2 aromatic rings. The van der Waals surface area contributed by atoms with E-state index in [0.29, 0.717) is 10.0 Å². The van der Waals surface area contributed by atoms with Crippen LogP contribution in [-0.2, 0) is 12.7 Å². The molecule has 1 N–H and O–H groups in total. The van der Waals surface area contributed by atoms with Gasteiger partial charge in [-0.25, -0.2) is 0 Å². The van der Waals surface area contributed by atoms with Crippen LogP contribution in [0.5, 0.6) is 0 Å². The van der Waals surface area contributed by atoms with E-state index in [-0.39, 0.29) is 12.2 Å². The summed E-state index contributed by atoms with van der Waals surface area (Å²) < 4.78 is 38.4. The Bertz CT molecular complexity index is 612. The van der Waals surface area contributed by atoms with E-state index < -0.39 is 11.7 Å². The molecule has 1 nitrogen and oxygen atoms in total. The first-order valence-corrected chi connectivity index (χ1v) is 6.47. The summed E-state index contributed by atoms with van der Waals surface area (Å²) in [4.78, 5) is 0. The molecule has 20 heavy (non-hydrogen) atoms. The van der Waals surface area contributed by atoms with Crippen molar-refractivity contribution in [2.45, 2.75) is 12.7 Å². The molecule has 0 radical (unpaired) electrons. The molecule has 2 rings (SSSR count). The number of alkyl halides is 3. The summed E-state index contributed by atoms with van der Waals surface area (Å²) >= 11 is 11.6. The summed E-state index contributed by atoms with van der Waals surface area (Å²) in [7, 11) is 0. The lowest BCUT2D eigenvalue weighted by atomic mass is 10.1. The highest BCUT2D eigenvalue weighted by molar-refractivity contribution is 6.42. The van der Waals surface area contributed by atoms with Crippen molar-refractivity contribution in [1.29, 1.82) is 0 Å². The van der Waals surface area contributed by atoms with E-state index in [1.54, 1.807) is 24.3 Å². The average molecular weight is 320 g/mol. The zero-order chi connectivity index (χ0) is 14.8. The molecule has 0 saturated carbocycles. The summed E-state index contributed by atoms with van der Waals surface area (Å²) in [5, 5.41) is 3.54. The van der Waals surface area contributed by atoms with Crippen LogP contribution in [-0.4, -0.2) is 0 Å². The van der Waals surface area contributed by atoms with Crippen molar-refractivity contribution < 1.29 is 13.2 Å². The minimum absolute atomic E-state index is 0.0334. The predicted octanol–water partition coefficient (Wildman–Crippen LogP) is 5.62. The zero-order valence-electron chi connectivity index (χ0n) is 10.1. The molecule has 0 fully saturated rings. The number of rotatable bonds is 3. The summed E-state index contributed by atoms with van der Waals surface area (Å²) in [5.74, 6) is 0. The number of hydrogen-bond acceptors (Lipinski definition) is 1. The summed E-state index contributed by atoms with van der Waals surface area (Å²) in [6.45, 7) is 0.226. The van der Waals surface area contributed by atoms with Gasteiger partial charge in [0.25, 0.3) is 0 Å². The molecular formula is C14H10Cl2F3N. The Labute approximate surface area is 124 Å². The second kappa shape index (κ2) is 5.94. The quantitative estimate of drug-likeness (QED) is 0.773. The SMILES string of the molecule is FC(F)(F)c1ccccc1NCc1ccc(Cl)c(Cl)c1. The molecule has 0 saturated heterocycles. The molecule has 0 bridgehead atoms. The van der Waals surface area contributed by atoms with Crippen LogP contribution < -0.4 is 5.32 Å². The van der Waals surface area contributed by atoms with E-state index >= 15 is 0 Å². The van der Waals surface area contributed by atoms with Gasteiger partial charge in [0.2, 0.25) is 0 Å². The Kier molecular flexibility index (Phi) is 4.45. The van der Waals surface area contributed by atoms with Gasteiger partial charge in [-0.3, -0.25) is 0 Å². The van der Waals surface area contributed by atoms with E-state index in [2.05, 4.69) is 5.32 Å². The minimum atomic E-state index is -4.39. The molecule has 0 amide bonds. The maximum Gasteiger partial charge on any atom is 0.418 e. The van der Waals surface area contributed by atoms with Crippen molar-refractivity contribution in [2.24, 2.45) is 0 Å². The Balaban J connectivity index is 2.17. The van der Waals surface area contributed by atoms with Gasteiger partial charge >= 0.3 is 6.18 Å². The van der Waals surface area contributed by atoms with Gasteiger partial charge in [-0.1, -0.05) is 41.4 Å². The Morgan fingerprint density at radius 3 is 2.30 bits per heavy atom. The molecule has 0 aliphatic carbocycles. The maximum atomic E-state index is 12.8. The Morgan fingerprint density at radius 2 is 1.65 bits per heavy atom. The molecular weight excluding hydrogens is 310 g/mol. The summed E-state index contributed by atoms with van der Waals surface area (Å²) in [6, 6.07) is 10.3. The van der Waals surface area contributed by atoms with Crippen molar-refractivity contribution >= 4 is 28.9 Å². The van der Waals surface area contributed by atoms with Crippen LogP contribution in [0, 0.1) is 0 Å². The highest BCUT2D eigenvalue weighted by Crippen LogP contribution is 2.34. The number of anilines is 1. The fourth-order valence-corrected chi connectivity index (χ4v) is 2.05. The lowest BCUT2D eigenvalue weighted by Crippen LogP contribution is -2.10. The van der Waals surface area contributed by atoms with Crippen molar-refractivity contribution in [3.63, 3.8) is 0 Å². The van der Waals surface area contributed by atoms with Gasteiger partial charge in [-0.2, -0.15) is 13.2 Å². The van der Waals surface area contributed by atoms with Gasteiger partial charge in [-0.15, -0.1) is 0 Å². The lowest BCUT2D eigenvalue weighted by Gasteiger charge is -2.14. The van der Waals surface area contributed by atoms with E-state index in [4.69, 9.17) is 23.2 Å². The molecule has 0 aliphatic heterocycles. The molecule has 0 unspecified atom stereocenters. The lowest BCUT2D eigenvalue weighted by molar-refractivity contribution is -0.136. The van der Waals surface area contributed by atoms with Gasteiger partial charge in [0.1, 0.15) is 0 Å². The van der Waals surface area contributed by atoms with Crippen molar-refractivity contribution in [3.8, 4) is 0 Å². The second-order valence-corrected chi connectivity index (χ2v) is 4.96. The highest BCUT2D eigenvalue weighted by Gasteiger charge is 2.32. The number of hydrogen-bond donors (Lipinski definition) is 1. The third kappa shape index (κ3) is 3.58. The Hall–Kier alpha value is -1.39. The number of halogens is 5. The number of nitrogens with one attached hydrogen (secondary N) is 1. The highest BCUT2D eigenvalue weighted by atomic mass is 35.5. The van der Waals surface area contributed by atoms with Gasteiger partial charge in [-0.05, 0) is 29.8 Å². The molecule has 0 aromatic heterocycles. The second-order valence-electron chi connectivity index (χ2n) is 4.15. The van der Waals surface area contributed by atoms with Crippen LogP contribution in [0.1, 0.15) is 11.1 Å². The van der Waals surface area contributed by atoms with Crippen molar-refractivity contribution in [3.05, 3.63) is 63.6 Å². The maximum absolute atomic E-state index is 12.8. The Morgan fingerprint density at radius 1 is 0.950 bits per heavy atom. The fraction of sp³-hybridized carbons (Fsp3) is 0.143. The van der Waals surface area contributed by atoms with Crippen LogP contribution >= 0.6 is 23.2 Å². The third-order valence-corrected chi connectivity index (χ3v) is 3.44. The summed E-state index contributed by atoms with van der Waals surface area (Å²) in [6.07, 6.45) is -4.39. The monoisotopic (exact) mass is 319 g/mol. The molecule has 0 heterocycles. The zero-order valence-corrected chi connectivity index (χ0v) is 11.7. The molecule has 0 atom stereocenters. The fourth-order valence-electron chi connectivity index (χ4n) is 1.73.